The fraction of sp³-hybridized carbons (Fsp3) is 0. The van der Waals surface area contributed by atoms with E-state index in [9.17, 15) is 5.11 Å². The van der Waals surface area contributed by atoms with Crippen LogP contribution < -0.4 is 0 Å². The molecule has 0 heterocycles. The summed E-state index contributed by atoms with van der Waals surface area (Å²) in [7, 11) is 0. The van der Waals surface area contributed by atoms with Gasteiger partial charge in [-0.1, -0.05) is 0 Å². The van der Waals surface area contributed by atoms with Gasteiger partial charge in [-0.3, -0.25) is 0 Å². The summed E-state index contributed by atoms with van der Waals surface area (Å²) in [4.78, 5) is 0. The van der Waals surface area contributed by atoms with Gasteiger partial charge in [0, 0.05) is 42.4 Å². The van der Waals surface area contributed by atoms with Crippen LogP contribution in [0.2, 0.25) is 0 Å². The van der Waals surface area contributed by atoms with Crippen LogP contribution in [0.1, 0.15) is 0 Å². The molecule has 0 bridgehead atoms. The van der Waals surface area contributed by atoms with Gasteiger partial charge in [-0.15, -0.1) is 0 Å². The lowest BCUT2D eigenvalue weighted by Crippen LogP contribution is -1.92. The number of hydrogen-bond donors (Lipinski definition) is 1. The second-order valence-corrected chi connectivity index (χ2v) is 11.1. The van der Waals surface area contributed by atoms with Gasteiger partial charge < -0.3 is 5.11 Å². The molecule has 0 saturated heterocycles. The van der Waals surface area contributed by atoms with Crippen molar-refractivity contribution in [2.75, 3.05) is 0 Å². The van der Waals surface area contributed by atoms with Crippen LogP contribution in [-0.2, 0) is 0 Å². The molecule has 0 aliphatic heterocycles. The zero-order valence-corrected chi connectivity index (χ0v) is 24.1. The first-order valence-electron chi connectivity index (χ1n) is 5.17. The van der Waals surface area contributed by atoms with Gasteiger partial charge in [0.15, 0.2) is 0 Å². The lowest BCUT2D eigenvalue weighted by molar-refractivity contribution is 0.473. The number of halogens is 9. The van der Waals surface area contributed by atoms with Crippen LogP contribution in [0.15, 0.2) is 40.3 Å². The Labute approximate surface area is 202 Å². The predicted octanol–water partition coefficient (Wildman–Crippen LogP) is 9.92. The lowest BCUT2D eigenvalue weighted by atomic mass is 10.0. The molecule has 2 aromatic rings. The van der Waals surface area contributed by atoms with E-state index >= 15 is 0 Å². The van der Waals surface area contributed by atoms with Crippen molar-refractivity contribution in [3.8, 4) is 16.9 Å². The zero-order chi connectivity index (χ0) is 16.9. The van der Waals surface area contributed by atoms with E-state index in [1.54, 1.807) is 0 Å². The molecule has 0 amide bonds. The topological polar surface area (TPSA) is 20.2 Å². The lowest BCUT2D eigenvalue weighted by Gasteiger charge is -2.18. The third kappa shape index (κ3) is 3.52. The molecule has 118 valence electrons. The summed E-state index contributed by atoms with van der Waals surface area (Å²) in [5, 5.41) is 10.6. The number of benzene rings is 2. The maximum atomic E-state index is 10.6. The second-order valence-electron chi connectivity index (χ2n) is 3.92. The Morgan fingerprint density at radius 1 is 0.364 bits per heavy atom. The molecule has 1 nitrogen and oxygen atoms in total. The van der Waals surface area contributed by atoms with Crippen molar-refractivity contribution in [3.63, 3.8) is 0 Å². The third-order valence-corrected chi connectivity index (χ3v) is 13.5. The molecule has 0 radical (unpaired) electrons. The van der Waals surface area contributed by atoms with Gasteiger partial charge in [-0.25, -0.2) is 0 Å². The normalized spacial score (nSPS) is 11.1. The van der Waals surface area contributed by atoms with E-state index in [0.717, 1.165) is 41.3 Å². The molecule has 0 spiro atoms. The van der Waals surface area contributed by atoms with E-state index in [1.165, 1.54) is 0 Å². The van der Waals surface area contributed by atoms with E-state index < -0.39 is 0 Å². The second kappa shape index (κ2) is 8.06. The minimum Gasteiger partial charge on any atom is -0.506 e. The molecule has 0 aliphatic rings. The first-order valence-corrected chi connectivity index (χ1v) is 12.3. The van der Waals surface area contributed by atoms with Crippen LogP contribution in [-0.4, -0.2) is 5.11 Å². The summed E-state index contributed by atoms with van der Waals surface area (Å²) in [5.74, 6) is 0.115. The van der Waals surface area contributed by atoms with Gasteiger partial charge >= 0.3 is 0 Å². The van der Waals surface area contributed by atoms with Crippen LogP contribution in [0.3, 0.4) is 0 Å². The minimum absolute atomic E-state index is 0.115. The van der Waals surface area contributed by atoms with E-state index in [4.69, 9.17) is 0 Å². The quantitative estimate of drug-likeness (QED) is 0.224. The smallest absolute Gasteiger partial charge is 0.140 e. The Hall–Kier alpha value is 2.56. The highest BCUT2D eigenvalue weighted by Gasteiger charge is 2.26. The van der Waals surface area contributed by atoms with Crippen molar-refractivity contribution in [1.82, 2.24) is 0 Å². The number of phenols is 1. The fourth-order valence-electron chi connectivity index (χ4n) is 1.67. The van der Waals surface area contributed by atoms with Crippen molar-refractivity contribution in [3.05, 3.63) is 40.3 Å². The number of hydrogen-bond acceptors (Lipinski definition) is 1. The molecule has 1 N–H and O–H groups in total. The Morgan fingerprint density at radius 2 is 0.636 bits per heavy atom. The highest BCUT2D eigenvalue weighted by Crippen LogP contribution is 2.56. The van der Waals surface area contributed by atoms with Crippen LogP contribution in [0, 0.1) is 0 Å². The van der Waals surface area contributed by atoms with Crippen molar-refractivity contribution < 1.29 is 5.11 Å². The van der Waals surface area contributed by atoms with Crippen LogP contribution in [0.4, 0.5) is 0 Å². The van der Waals surface area contributed by atoms with Gasteiger partial charge in [0.2, 0.25) is 0 Å². The third-order valence-electron chi connectivity index (χ3n) is 2.70. The largest absolute Gasteiger partial charge is 0.506 e. The molecule has 2 aromatic carbocycles. The average Bonchev–Trinajstić information content (AvgIpc) is 2.50. The van der Waals surface area contributed by atoms with Gasteiger partial charge in [-0.05, 0) is 143 Å². The molecular weight excluding hydrogens is 879 g/mol. The fourth-order valence-corrected chi connectivity index (χ4v) is 7.41. The van der Waals surface area contributed by atoms with E-state index in [0.29, 0.717) is 10.0 Å². The monoisotopic (exact) mass is 871 g/mol. The molecule has 10 heteroatoms. The van der Waals surface area contributed by atoms with E-state index in [1.807, 2.05) is 0 Å². The van der Waals surface area contributed by atoms with Crippen LogP contribution in [0.25, 0.3) is 11.1 Å². The molecular formula is C12HBr9O. The molecule has 2 rings (SSSR count). The molecule has 0 unspecified atom stereocenters. The first-order chi connectivity index (χ1) is 10.1. The highest BCUT2D eigenvalue weighted by molar-refractivity contribution is 9.16. The Kier molecular flexibility index (Phi) is 7.65. The van der Waals surface area contributed by atoms with Crippen molar-refractivity contribution >= 4 is 143 Å². The summed E-state index contributed by atoms with van der Waals surface area (Å²) in [6.07, 6.45) is 0. The SMILES string of the molecule is Oc1c(Br)c(Br)c(Br)c(Br)c1-c1c(Br)c(Br)c(Br)c(Br)c1Br. The van der Waals surface area contributed by atoms with Gasteiger partial charge in [-0.2, -0.15) is 0 Å². The van der Waals surface area contributed by atoms with Gasteiger partial charge in [0.25, 0.3) is 0 Å². The number of rotatable bonds is 1. The molecule has 0 aliphatic carbocycles. The summed E-state index contributed by atoms with van der Waals surface area (Å²) in [6, 6.07) is 0. The maximum absolute atomic E-state index is 10.6. The molecule has 0 saturated carbocycles. The summed E-state index contributed by atoms with van der Waals surface area (Å²) >= 11 is 31.7. The Balaban J connectivity index is 3.03. The minimum atomic E-state index is 0.115. The summed E-state index contributed by atoms with van der Waals surface area (Å²) in [5.41, 5.74) is 1.43. The predicted molar refractivity (Wildman–Crippen MR) is 123 cm³/mol. The highest BCUT2D eigenvalue weighted by atomic mass is 79.9. The standard InChI is InChI=1S/C12HBr9O/c13-3-1(4(14)7(17)9(19)6(3)16)2-5(15)8(18)10(20)11(21)12(2)22/h22H. The van der Waals surface area contributed by atoms with Crippen molar-refractivity contribution in [2.45, 2.75) is 0 Å². The molecule has 22 heavy (non-hydrogen) atoms. The molecule has 0 atom stereocenters. The van der Waals surface area contributed by atoms with Crippen LogP contribution >= 0.6 is 143 Å². The van der Waals surface area contributed by atoms with E-state index in [2.05, 4.69) is 143 Å². The zero-order valence-electron chi connectivity index (χ0n) is 9.85. The summed E-state index contributed by atoms with van der Waals surface area (Å²) < 4.78 is 6.93. The maximum Gasteiger partial charge on any atom is 0.140 e. The summed E-state index contributed by atoms with van der Waals surface area (Å²) in [6.45, 7) is 0. The number of phenolic OH excluding ortho intramolecular Hbond substituents is 1. The van der Waals surface area contributed by atoms with Gasteiger partial charge in [0.1, 0.15) is 5.75 Å². The van der Waals surface area contributed by atoms with E-state index in [-0.39, 0.29) is 5.75 Å². The molecule has 0 aromatic heterocycles. The Bertz CT molecular complexity index is 675. The van der Waals surface area contributed by atoms with Gasteiger partial charge in [0.05, 0.1) is 8.95 Å². The first kappa shape index (κ1) is 20.9. The average molecular weight is 880 g/mol. The Morgan fingerprint density at radius 3 is 1.05 bits per heavy atom. The molecule has 0 fully saturated rings. The van der Waals surface area contributed by atoms with Crippen LogP contribution in [0.5, 0.6) is 5.75 Å². The number of aromatic hydroxyl groups is 1. The van der Waals surface area contributed by atoms with Crippen molar-refractivity contribution in [1.29, 1.82) is 0 Å². The van der Waals surface area contributed by atoms with Crippen molar-refractivity contribution in [2.24, 2.45) is 0 Å².